The minimum atomic E-state index is -3.80. The van der Waals surface area contributed by atoms with Crippen molar-refractivity contribution < 1.29 is 115 Å². The van der Waals surface area contributed by atoms with Crippen LogP contribution in [0.2, 0.25) is 30.1 Å². The largest absolute Gasteiger partial charge is 0.478 e. The number of piperidine rings is 3. The lowest BCUT2D eigenvalue weighted by molar-refractivity contribution is -0.127. The maximum Gasteiger partial charge on any atom is 0.338 e. The highest BCUT2D eigenvalue weighted by Crippen LogP contribution is 2.54. The first kappa shape index (κ1) is 104. The normalized spacial score (nSPS) is 26.9. The number of aliphatic hydroxyl groups excluding tert-OH is 3. The van der Waals surface area contributed by atoms with Crippen LogP contribution in [-0.2, 0) is 92.1 Å². The second-order valence-corrected chi connectivity index (χ2v) is 50.0. The Morgan fingerprint density at radius 1 is 0.385 bits per heavy atom. The number of aromatic carboxylic acids is 1. The summed E-state index contributed by atoms with van der Waals surface area (Å²) in [5, 5.41) is 60.1. The van der Waals surface area contributed by atoms with Crippen molar-refractivity contribution in [2.45, 2.75) is 274 Å². The molecule has 0 radical (unpaired) electrons. The van der Waals surface area contributed by atoms with Crippen LogP contribution in [0.1, 0.15) is 237 Å². The van der Waals surface area contributed by atoms with Crippen LogP contribution in [0.15, 0.2) is 141 Å². The SMILES string of the molecule is NS(=O)(=O)C1CCC[C@H]1OC(=O)c1ccc(N2C(=O)[C@@H]3C[C@H]2C[C@H]3OCc2c(-c3c(Cl)cccc3Cl)noc2C2CC2)cc1.NS(=O)(=O)[C@@H]1CCC[C@H]1O.O=C(CS(=O)(=O)[C@@H]1CCC[C@H]1O)c1ccc(N2C(=O)[C@@H]3C[C@H]2C[C@H]3OCc2c(-c3c(Cl)cccc3Cl)noc2C2CC2)cc1.O=C(O)c1ccc(N2C(=O)[C@@H]3C[C@H]2C[C@H]3OCc2c(-c3c(Cl)cccc3Cl)noc2C2CC2)cc1.O=S(=O)(Cl)[C@@H]1CCC[C@H]1O. The van der Waals surface area contributed by atoms with Crippen molar-refractivity contribution in [1.29, 1.82) is 0 Å². The molecule has 3 aliphatic heterocycles. The summed E-state index contributed by atoms with van der Waals surface area (Å²) >= 11 is 38.9. The standard InChI is InChI=1S/C32H32Cl2N2O7S.C31H31Cl2N3O7S.C26H22Cl2N2O5.C5H9ClO3S.C5H11NO3S/c33-23-3-1-4-24(34)29(23)30-22(31(43-35-30)18-7-8-18)15-42-27-14-20-13-21(27)32(39)36(20)19-11-9-17(10-12-19)26(38)16-44(40,41)28-6-2-5-25(28)37;32-22-3-1-4-23(33)27(22)28-21(29(43-35-28)16-7-8-16)15-41-25-14-19-13-20(25)30(37)36(19)18-11-9-17(10-12-18)31(38)42-24-5-2-6-26(24)44(34,39)40;27-19-2-1-3-20(28)22(19)23-18(24(35-29-23)13-4-5-13)12-34-21-11-16-10-17(21)25(31)30(16)15-8-6-14(7-9-15)26(32)33;2*6-10(8,9)5-3-1-2-4(5)7/h1,3-4,9-12,18,20-21,25,27-28,37H,2,5-8,13-16H2;1,3-4,9-12,16,19-20,24-26H,2,5-8,13-15H2,(H2,34,39,40);1-3,6-9,13,16-17,21H,4-5,10-12H2,(H,32,33);4-5,7H,1-3H2;4-5,7H,1-3H2,(H2,6,8,9)/t20-,21+,25+,27+,28+;19-,20+,24+,25+,26?;16-,17+,21+;2*4-,5-/m00011/s1. The molecular weight excluding hydrogens is 2080 g/mol. The molecule has 3 amide bonds. The number of hydrogen-bond acceptors (Lipinski definition) is 27. The second kappa shape index (κ2) is 43.0. The molecule has 13 fully saturated rings. The Labute approximate surface area is 859 Å². The minimum Gasteiger partial charge on any atom is -0.478 e. The number of sulfonamides is 2. The van der Waals surface area contributed by atoms with Crippen molar-refractivity contribution >= 4 is 172 Å². The van der Waals surface area contributed by atoms with E-state index in [0.717, 1.165) is 91.0 Å². The van der Waals surface area contributed by atoms with Gasteiger partial charge in [-0.25, -0.2) is 53.5 Å². The topological polar surface area (TPSA) is 497 Å². The average Bonchev–Trinajstić information content (AvgIpc) is 1.53. The van der Waals surface area contributed by atoms with Gasteiger partial charge in [0.1, 0.15) is 62.0 Å². The molecule has 9 aromatic rings. The molecule has 6 aromatic carbocycles. The highest BCUT2D eigenvalue weighted by atomic mass is 35.7. The first-order chi connectivity index (χ1) is 68.2. The van der Waals surface area contributed by atoms with E-state index >= 15 is 0 Å². The number of anilines is 3. The van der Waals surface area contributed by atoms with Crippen LogP contribution >= 0.6 is 80.3 Å². The molecule has 33 nitrogen and oxygen atoms in total. The molecule has 1 unspecified atom stereocenters. The van der Waals surface area contributed by atoms with E-state index in [1.165, 1.54) is 12.1 Å². The first-order valence-corrected chi connectivity index (χ1v) is 57.4. The summed E-state index contributed by atoms with van der Waals surface area (Å²) < 4.78 is 134. The van der Waals surface area contributed by atoms with E-state index in [4.69, 9.17) is 138 Å². The first-order valence-electron chi connectivity index (χ1n) is 47.8. The van der Waals surface area contributed by atoms with Crippen molar-refractivity contribution in [3.63, 3.8) is 0 Å². The molecule has 10 saturated carbocycles. The quantitative estimate of drug-likeness (QED) is 0.0151. The number of esters is 1. The van der Waals surface area contributed by atoms with Gasteiger partial charge in [0, 0.05) is 103 Å². The number of halogens is 7. The number of rotatable bonds is 28. The molecule has 764 valence electrons. The molecule has 0 spiro atoms. The molecule has 8 N–H and O–H groups in total. The third-order valence-corrected chi connectivity index (χ3v) is 38.3. The Hall–Kier alpha value is -8.52. The van der Waals surface area contributed by atoms with Gasteiger partial charge in [-0.15, -0.1) is 0 Å². The molecule has 44 heteroatoms. The highest BCUT2D eigenvalue weighted by molar-refractivity contribution is 8.14. The van der Waals surface area contributed by atoms with Gasteiger partial charge in [0.15, 0.2) is 15.6 Å². The smallest absolute Gasteiger partial charge is 0.338 e. The average molecular weight is 2180 g/mol. The Bertz CT molecular complexity index is 6720. The molecule has 143 heavy (non-hydrogen) atoms. The van der Waals surface area contributed by atoms with E-state index in [9.17, 15) is 67.5 Å². The summed E-state index contributed by atoms with van der Waals surface area (Å²) in [6.45, 7) is 0.725. The molecule has 6 heterocycles. The summed E-state index contributed by atoms with van der Waals surface area (Å²) in [6, 6.07) is 35.4. The summed E-state index contributed by atoms with van der Waals surface area (Å²) in [6.07, 6.45) is 12.8. The Kier molecular flexibility index (Phi) is 31.4. The summed E-state index contributed by atoms with van der Waals surface area (Å²) in [5.41, 5.74) is 8.88. The maximum absolute atomic E-state index is 13.5. The van der Waals surface area contributed by atoms with E-state index in [1.54, 1.807) is 130 Å². The zero-order valence-corrected chi connectivity index (χ0v) is 85.5. The van der Waals surface area contributed by atoms with Crippen molar-refractivity contribution in [2.75, 3.05) is 20.5 Å². The number of amides is 3. The molecule has 3 saturated heterocycles. The minimum absolute atomic E-state index is 0.0106. The predicted molar refractivity (Wildman–Crippen MR) is 533 cm³/mol. The van der Waals surface area contributed by atoms with Gasteiger partial charge in [-0.1, -0.05) is 103 Å². The van der Waals surface area contributed by atoms with Gasteiger partial charge < -0.3 is 67.6 Å². The molecule has 6 bridgehead atoms. The van der Waals surface area contributed by atoms with Crippen LogP contribution in [0, 0.1) is 17.8 Å². The van der Waals surface area contributed by atoms with Crippen molar-refractivity contribution in [2.24, 2.45) is 28.0 Å². The van der Waals surface area contributed by atoms with Gasteiger partial charge in [-0.3, -0.25) is 19.2 Å². The lowest BCUT2D eigenvalue weighted by atomic mass is 10.0. The van der Waals surface area contributed by atoms with Crippen LogP contribution in [0.25, 0.3) is 33.8 Å². The number of ketones is 1. The number of aromatic nitrogens is 3. The number of nitrogens with two attached hydrogens (primary N) is 2. The zero-order valence-electron chi connectivity index (χ0n) is 76.9. The lowest BCUT2D eigenvalue weighted by Crippen LogP contribution is -2.43. The van der Waals surface area contributed by atoms with Crippen molar-refractivity contribution in [3.8, 4) is 33.8 Å². The van der Waals surface area contributed by atoms with Crippen LogP contribution in [-0.4, -0.2) is 193 Å². The Morgan fingerprint density at radius 2 is 0.692 bits per heavy atom. The number of carbonyl (C=O) groups is 6. The molecule has 17 atom stereocenters. The summed E-state index contributed by atoms with van der Waals surface area (Å²) in [5.74, 6) is -0.357. The van der Waals surface area contributed by atoms with Gasteiger partial charge in [-0.05, 0) is 263 Å². The van der Waals surface area contributed by atoms with E-state index in [1.807, 2.05) is 0 Å². The molecule has 13 aliphatic rings. The van der Waals surface area contributed by atoms with Gasteiger partial charge in [0.2, 0.25) is 46.8 Å². The number of sulfone groups is 1. The zero-order chi connectivity index (χ0) is 101. The molecule has 22 rings (SSSR count). The Morgan fingerprint density at radius 3 is 0.979 bits per heavy atom. The number of primary sulfonamides is 2. The number of benzene rings is 6. The lowest BCUT2D eigenvalue weighted by Gasteiger charge is -2.31. The molecule has 10 aliphatic carbocycles. The fourth-order valence-electron chi connectivity index (χ4n) is 21.9. The number of Topliss-reactive ketones (excluding diaryl/α,β-unsaturated/α-hetero) is 1. The fourth-order valence-corrected chi connectivity index (χ4v) is 29.2. The number of aliphatic hydroxyl groups is 3. The predicted octanol–water partition coefficient (Wildman–Crippen LogP) is 16.9. The number of fused-ring (bicyclic) bond motifs is 6. The number of carboxylic acids is 1. The highest BCUT2D eigenvalue weighted by Gasteiger charge is 2.56. The number of ether oxygens (including phenoxy) is 4. The Balaban J connectivity index is 0.000000129. The maximum atomic E-state index is 13.5. The third-order valence-electron chi connectivity index (χ3n) is 29.6. The van der Waals surface area contributed by atoms with Crippen LogP contribution < -0.4 is 25.0 Å². The number of carboxylic acid groups (broad SMARTS) is 1. The van der Waals surface area contributed by atoms with E-state index in [2.05, 4.69) is 15.5 Å². The van der Waals surface area contributed by atoms with Crippen LogP contribution in [0.5, 0.6) is 0 Å². The molecular formula is C99H105Cl7N8O25S4. The van der Waals surface area contributed by atoms with Gasteiger partial charge in [0.25, 0.3) is 0 Å². The van der Waals surface area contributed by atoms with Crippen molar-refractivity contribution in [1.82, 2.24) is 15.5 Å². The monoisotopic (exact) mass is 2180 g/mol. The van der Waals surface area contributed by atoms with E-state index in [-0.39, 0.29) is 114 Å². The van der Waals surface area contributed by atoms with E-state index < -0.39 is 108 Å². The van der Waals surface area contributed by atoms with Gasteiger partial charge in [0.05, 0.1) is 121 Å². The van der Waals surface area contributed by atoms with Crippen molar-refractivity contribution in [3.05, 3.63) is 208 Å². The van der Waals surface area contributed by atoms with Gasteiger partial charge >= 0.3 is 11.9 Å². The summed E-state index contributed by atoms with van der Waals surface area (Å²) in [4.78, 5) is 82.2. The van der Waals surface area contributed by atoms with E-state index in [0.29, 0.717) is 190 Å². The number of nitrogens with zero attached hydrogens (tertiary/aromatic N) is 6. The van der Waals surface area contributed by atoms with Crippen LogP contribution in [0.3, 0.4) is 0 Å². The summed E-state index contributed by atoms with van der Waals surface area (Å²) in [7, 11) is -9.54. The number of carbonyl (C=O) groups excluding carboxylic acids is 5. The second-order valence-electron chi connectivity index (χ2n) is 39.0. The molecule has 3 aromatic heterocycles. The third kappa shape index (κ3) is 22.6. The number of hydrogen-bond donors (Lipinski definition) is 6. The van der Waals surface area contributed by atoms with Crippen LogP contribution in [0.4, 0.5) is 17.1 Å². The van der Waals surface area contributed by atoms with Gasteiger partial charge in [-0.2, -0.15) is 0 Å². The fraction of sp³-hybridized carbons (Fsp3) is 0.485.